The Hall–Kier alpha value is -1.94. The first-order valence-electron chi connectivity index (χ1n) is 6.11. The van der Waals surface area contributed by atoms with Crippen molar-refractivity contribution in [3.8, 4) is 11.5 Å². The van der Waals surface area contributed by atoms with Gasteiger partial charge in [0.2, 0.25) is 0 Å². The van der Waals surface area contributed by atoms with E-state index < -0.39 is 0 Å². The van der Waals surface area contributed by atoms with Gasteiger partial charge in [-0.2, -0.15) is 4.98 Å². The summed E-state index contributed by atoms with van der Waals surface area (Å²) in [6.45, 7) is 1.98. The molecule has 0 aliphatic heterocycles. The lowest BCUT2D eigenvalue weighted by atomic mass is 10.1. The second-order valence-electron chi connectivity index (χ2n) is 4.21. The Morgan fingerprint density at radius 3 is 2.95 bits per heavy atom. The lowest BCUT2D eigenvalue weighted by molar-refractivity contribution is 0.421. The van der Waals surface area contributed by atoms with E-state index in [4.69, 9.17) is 16.1 Å². The van der Waals surface area contributed by atoms with E-state index in [-0.39, 0.29) is 5.38 Å². The number of para-hydroxylation sites is 1. The molecule has 3 rings (SSSR count). The van der Waals surface area contributed by atoms with Crippen LogP contribution in [0.5, 0.6) is 0 Å². The van der Waals surface area contributed by atoms with Crippen LogP contribution in [0.25, 0.3) is 22.4 Å². The molecule has 0 aliphatic carbocycles. The van der Waals surface area contributed by atoms with E-state index in [0.717, 1.165) is 22.9 Å². The summed E-state index contributed by atoms with van der Waals surface area (Å²) in [6.07, 6.45) is 2.51. The fourth-order valence-electron chi connectivity index (χ4n) is 1.93. The van der Waals surface area contributed by atoms with Crippen LogP contribution < -0.4 is 0 Å². The summed E-state index contributed by atoms with van der Waals surface area (Å²) in [4.78, 5) is 8.72. The Labute approximate surface area is 115 Å². The molecule has 0 N–H and O–H groups in total. The van der Waals surface area contributed by atoms with E-state index in [1.807, 2.05) is 37.3 Å². The number of fused-ring (bicyclic) bond motifs is 1. The molecule has 96 valence electrons. The second-order valence-corrected chi connectivity index (χ2v) is 4.74. The van der Waals surface area contributed by atoms with E-state index >= 15 is 0 Å². The van der Waals surface area contributed by atoms with Crippen molar-refractivity contribution in [1.29, 1.82) is 0 Å². The highest BCUT2D eigenvalue weighted by Crippen LogP contribution is 2.28. The number of rotatable bonds is 3. The van der Waals surface area contributed by atoms with Crippen LogP contribution in [0, 0.1) is 0 Å². The highest BCUT2D eigenvalue weighted by atomic mass is 35.5. The van der Waals surface area contributed by atoms with Gasteiger partial charge in [0.25, 0.3) is 5.89 Å². The first-order chi connectivity index (χ1) is 9.29. The Morgan fingerprint density at radius 2 is 2.11 bits per heavy atom. The highest BCUT2D eigenvalue weighted by Gasteiger charge is 2.16. The maximum Gasteiger partial charge on any atom is 0.260 e. The van der Waals surface area contributed by atoms with Gasteiger partial charge in [-0.05, 0) is 18.6 Å². The van der Waals surface area contributed by atoms with E-state index in [2.05, 4.69) is 15.1 Å². The minimum absolute atomic E-state index is 0.222. The third-order valence-corrected chi connectivity index (χ3v) is 3.45. The molecular formula is C14H12ClN3O. The lowest BCUT2D eigenvalue weighted by Gasteiger charge is -2.00. The quantitative estimate of drug-likeness (QED) is 0.678. The molecule has 0 saturated heterocycles. The number of aromatic nitrogens is 3. The summed E-state index contributed by atoms with van der Waals surface area (Å²) in [7, 11) is 0. The van der Waals surface area contributed by atoms with Crippen LogP contribution in [0.2, 0.25) is 0 Å². The summed E-state index contributed by atoms with van der Waals surface area (Å²) >= 11 is 6.11. The van der Waals surface area contributed by atoms with Gasteiger partial charge in [-0.1, -0.05) is 30.3 Å². The first-order valence-corrected chi connectivity index (χ1v) is 6.55. The zero-order valence-corrected chi connectivity index (χ0v) is 11.1. The Kier molecular flexibility index (Phi) is 3.17. The van der Waals surface area contributed by atoms with Crippen molar-refractivity contribution in [3.05, 3.63) is 42.4 Å². The van der Waals surface area contributed by atoms with Gasteiger partial charge in [0.1, 0.15) is 0 Å². The van der Waals surface area contributed by atoms with Crippen LogP contribution in [-0.2, 0) is 0 Å². The SMILES string of the molecule is CCC(Cl)c1noc(-c2cccc3cccnc23)n1. The fourth-order valence-corrected chi connectivity index (χ4v) is 2.02. The van der Waals surface area contributed by atoms with E-state index in [0.29, 0.717) is 11.7 Å². The van der Waals surface area contributed by atoms with Crippen molar-refractivity contribution in [2.45, 2.75) is 18.7 Å². The molecule has 1 atom stereocenters. The number of hydrogen-bond donors (Lipinski definition) is 0. The number of pyridine rings is 1. The second kappa shape index (κ2) is 4.97. The molecule has 0 amide bonds. The molecule has 0 saturated carbocycles. The van der Waals surface area contributed by atoms with E-state index in [9.17, 15) is 0 Å². The van der Waals surface area contributed by atoms with Crippen molar-refractivity contribution < 1.29 is 4.52 Å². The van der Waals surface area contributed by atoms with Gasteiger partial charge in [-0.15, -0.1) is 11.6 Å². The summed E-state index contributed by atoms with van der Waals surface area (Å²) in [5.41, 5.74) is 1.68. The van der Waals surface area contributed by atoms with Crippen molar-refractivity contribution in [1.82, 2.24) is 15.1 Å². The van der Waals surface area contributed by atoms with Gasteiger partial charge >= 0.3 is 0 Å². The molecule has 0 aliphatic rings. The molecule has 2 aromatic heterocycles. The molecular weight excluding hydrogens is 262 g/mol. The van der Waals surface area contributed by atoms with Crippen LogP contribution in [0.1, 0.15) is 24.5 Å². The predicted octanol–water partition coefficient (Wildman–Crippen LogP) is 3.97. The molecule has 4 nitrogen and oxygen atoms in total. The minimum atomic E-state index is -0.222. The van der Waals surface area contributed by atoms with Crippen LogP contribution in [0.3, 0.4) is 0 Å². The monoisotopic (exact) mass is 273 g/mol. The van der Waals surface area contributed by atoms with Gasteiger partial charge in [0, 0.05) is 11.6 Å². The molecule has 1 unspecified atom stereocenters. The van der Waals surface area contributed by atoms with Gasteiger partial charge in [0.05, 0.1) is 16.5 Å². The highest BCUT2D eigenvalue weighted by molar-refractivity contribution is 6.20. The topological polar surface area (TPSA) is 51.8 Å². The van der Waals surface area contributed by atoms with E-state index in [1.54, 1.807) is 6.20 Å². The third kappa shape index (κ3) is 2.19. The van der Waals surface area contributed by atoms with Crippen molar-refractivity contribution in [2.24, 2.45) is 0 Å². The molecule has 0 spiro atoms. The van der Waals surface area contributed by atoms with Gasteiger partial charge in [0.15, 0.2) is 5.82 Å². The number of nitrogens with zero attached hydrogens (tertiary/aromatic N) is 3. The zero-order chi connectivity index (χ0) is 13.2. The molecule has 0 bridgehead atoms. The normalized spacial score (nSPS) is 12.7. The Balaban J connectivity index is 2.12. The average Bonchev–Trinajstić information content (AvgIpc) is 2.95. The predicted molar refractivity (Wildman–Crippen MR) is 73.9 cm³/mol. The molecule has 0 fully saturated rings. The van der Waals surface area contributed by atoms with Crippen LogP contribution >= 0.6 is 11.6 Å². The van der Waals surface area contributed by atoms with Crippen LogP contribution in [0.15, 0.2) is 41.1 Å². The summed E-state index contributed by atoms with van der Waals surface area (Å²) in [6, 6.07) is 9.76. The molecule has 5 heteroatoms. The van der Waals surface area contributed by atoms with Gasteiger partial charge in [-0.3, -0.25) is 4.98 Å². The first kappa shape index (κ1) is 12.1. The maximum atomic E-state index is 6.11. The summed E-state index contributed by atoms with van der Waals surface area (Å²) in [5.74, 6) is 0.977. The maximum absolute atomic E-state index is 6.11. The fraction of sp³-hybridized carbons (Fsp3) is 0.214. The molecule has 1 aromatic carbocycles. The van der Waals surface area contributed by atoms with Crippen LogP contribution in [-0.4, -0.2) is 15.1 Å². The van der Waals surface area contributed by atoms with Crippen LogP contribution in [0.4, 0.5) is 0 Å². The molecule has 19 heavy (non-hydrogen) atoms. The summed E-state index contributed by atoms with van der Waals surface area (Å²) < 4.78 is 5.30. The van der Waals surface area contributed by atoms with Crippen molar-refractivity contribution in [2.75, 3.05) is 0 Å². The number of halogens is 1. The largest absolute Gasteiger partial charge is 0.334 e. The standard InChI is InChI=1S/C14H12ClN3O/c1-2-11(15)13-17-14(19-18-13)10-7-3-5-9-6-4-8-16-12(9)10/h3-8,11H,2H2,1H3. The zero-order valence-electron chi connectivity index (χ0n) is 10.4. The molecule has 3 aromatic rings. The lowest BCUT2D eigenvalue weighted by Crippen LogP contribution is -1.91. The third-order valence-electron chi connectivity index (χ3n) is 2.94. The summed E-state index contributed by atoms with van der Waals surface area (Å²) in [5, 5.41) is 4.74. The van der Waals surface area contributed by atoms with Crippen molar-refractivity contribution >= 4 is 22.5 Å². The van der Waals surface area contributed by atoms with E-state index in [1.165, 1.54) is 0 Å². The van der Waals surface area contributed by atoms with Crippen molar-refractivity contribution in [3.63, 3.8) is 0 Å². The number of benzene rings is 1. The number of alkyl halides is 1. The van der Waals surface area contributed by atoms with Gasteiger partial charge < -0.3 is 4.52 Å². The Bertz CT molecular complexity index is 705. The Morgan fingerprint density at radius 1 is 1.26 bits per heavy atom. The minimum Gasteiger partial charge on any atom is -0.334 e. The number of hydrogen-bond acceptors (Lipinski definition) is 4. The smallest absolute Gasteiger partial charge is 0.260 e. The molecule has 2 heterocycles. The molecule has 0 radical (unpaired) electrons. The average molecular weight is 274 g/mol. The van der Waals surface area contributed by atoms with Gasteiger partial charge in [-0.25, -0.2) is 0 Å².